The van der Waals surface area contributed by atoms with Gasteiger partial charge in [0, 0.05) is 24.7 Å². The molecule has 2 N–H and O–H groups in total. The highest BCUT2D eigenvalue weighted by Gasteiger charge is 2.41. The number of rotatable bonds is 7. The minimum atomic E-state index is -4.97. The fourth-order valence-corrected chi connectivity index (χ4v) is 4.94. The molecule has 216 valence electrons. The van der Waals surface area contributed by atoms with Crippen LogP contribution >= 0.6 is 0 Å². The average Bonchev–Trinajstić information content (AvgIpc) is 2.85. The number of aromatic nitrogens is 2. The molecular formula is C26H33F6N5O2. The molecule has 1 aliphatic heterocycles. The number of hydrogen-bond donors (Lipinski definition) is 1. The van der Waals surface area contributed by atoms with E-state index in [-0.39, 0.29) is 48.0 Å². The SMILES string of the molecule is CC[C@@H]1CC(N(Cc2cc(C(F)(F)F)cc(C(F)(F)F)c2)c2ncc(N)cn2)C[C@H](CC)N1C(=O)OC(C)C. The summed E-state index contributed by atoms with van der Waals surface area (Å²) in [6, 6.07) is 0.585. The summed E-state index contributed by atoms with van der Waals surface area (Å²) in [6.45, 7) is 6.99. The highest BCUT2D eigenvalue weighted by molar-refractivity contribution is 5.69. The van der Waals surface area contributed by atoms with E-state index in [0.717, 1.165) is 0 Å². The fraction of sp³-hybridized carbons (Fsp3) is 0.577. The molecule has 2 aromatic rings. The maximum absolute atomic E-state index is 13.5. The van der Waals surface area contributed by atoms with Crippen LogP contribution in [0.3, 0.4) is 0 Å². The number of nitrogens with two attached hydrogens (primary N) is 1. The van der Waals surface area contributed by atoms with Gasteiger partial charge in [0.05, 0.1) is 35.3 Å². The van der Waals surface area contributed by atoms with Crippen LogP contribution in [-0.2, 0) is 23.6 Å². The van der Waals surface area contributed by atoms with Gasteiger partial charge in [0.2, 0.25) is 5.95 Å². The van der Waals surface area contributed by atoms with E-state index in [0.29, 0.717) is 37.8 Å². The lowest BCUT2D eigenvalue weighted by atomic mass is 9.87. The summed E-state index contributed by atoms with van der Waals surface area (Å²) in [5.74, 6) is 0.114. The van der Waals surface area contributed by atoms with Crippen molar-refractivity contribution in [1.29, 1.82) is 0 Å². The van der Waals surface area contributed by atoms with Crippen molar-refractivity contribution in [2.75, 3.05) is 10.6 Å². The van der Waals surface area contributed by atoms with Crippen LogP contribution < -0.4 is 10.6 Å². The summed E-state index contributed by atoms with van der Waals surface area (Å²) in [5.41, 5.74) is 2.99. The second kappa shape index (κ2) is 11.9. The molecule has 1 unspecified atom stereocenters. The Kier molecular flexibility index (Phi) is 9.22. The maximum Gasteiger partial charge on any atom is 0.416 e. The van der Waals surface area contributed by atoms with E-state index < -0.39 is 35.6 Å². The van der Waals surface area contributed by atoms with E-state index in [1.807, 2.05) is 13.8 Å². The number of carbonyl (C=O) groups is 1. The third kappa shape index (κ3) is 7.45. The molecule has 1 amide bonds. The van der Waals surface area contributed by atoms with E-state index in [4.69, 9.17) is 10.5 Å². The number of likely N-dealkylation sites (tertiary alicyclic amines) is 1. The zero-order chi connectivity index (χ0) is 29.1. The first-order valence-corrected chi connectivity index (χ1v) is 12.7. The molecule has 1 aliphatic rings. The van der Waals surface area contributed by atoms with Crippen molar-refractivity contribution in [2.24, 2.45) is 0 Å². The zero-order valence-corrected chi connectivity index (χ0v) is 22.2. The maximum atomic E-state index is 13.5. The number of anilines is 2. The monoisotopic (exact) mass is 561 g/mol. The lowest BCUT2D eigenvalue weighted by Crippen LogP contribution is -2.57. The first-order valence-electron chi connectivity index (χ1n) is 12.7. The predicted octanol–water partition coefficient (Wildman–Crippen LogP) is 6.67. The van der Waals surface area contributed by atoms with Gasteiger partial charge >= 0.3 is 18.4 Å². The van der Waals surface area contributed by atoms with Crippen molar-refractivity contribution in [3.63, 3.8) is 0 Å². The van der Waals surface area contributed by atoms with Gasteiger partial charge in [0.25, 0.3) is 0 Å². The van der Waals surface area contributed by atoms with Gasteiger partial charge in [0.15, 0.2) is 0 Å². The summed E-state index contributed by atoms with van der Waals surface area (Å²) >= 11 is 0. The molecule has 3 atom stereocenters. The third-order valence-electron chi connectivity index (χ3n) is 6.72. The largest absolute Gasteiger partial charge is 0.447 e. The van der Waals surface area contributed by atoms with Crippen LogP contribution in [0.25, 0.3) is 0 Å². The Bertz CT molecular complexity index is 1080. The van der Waals surface area contributed by atoms with Crippen molar-refractivity contribution in [1.82, 2.24) is 14.9 Å². The molecule has 3 rings (SSSR count). The average molecular weight is 562 g/mol. The molecule has 1 saturated heterocycles. The van der Waals surface area contributed by atoms with Crippen LogP contribution in [0.1, 0.15) is 70.1 Å². The van der Waals surface area contributed by atoms with E-state index in [9.17, 15) is 31.1 Å². The number of piperidine rings is 1. The molecule has 1 aromatic carbocycles. The Balaban J connectivity index is 2.05. The summed E-state index contributed by atoms with van der Waals surface area (Å²) in [6.07, 6.45) is -6.16. The standard InChI is InChI=1S/C26H33F6N5O2/c1-5-20-10-22(11-21(6-2)37(20)24(38)39-15(3)4)36(23-34-12-19(33)13-35-23)14-16-7-17(25(27,28)29)9-18(8-16)26(30,31)32/h7-9,12-13,15,20-22H,5-6,10-11,14,33H2,1-4H3/t20-,21+,22?. The van der Waals surface area contributed by atoms with E-state index in [1.165, 1.54) is 12.4 Å². The van der Waals surface area contributed by atoms with Crippen molar-refractivity contribution < 1.29 is 35.9 Å². The number of nitrogens with zero attached hydrogens (tertiary/aromatic N) is 4. The highest BCUT2D eigenvalue weighted by atomic mass is 19.4. The van der Waals surface area contributed by atoms with Gasteiger partial charge in [0.1, 0.15) is 0 Å². The number of amides is 1. The minimum Gasteiger partial charge on any atom is -0.447 e. The van der Waals surface area contributed by atoms with E-state index >= 15 is 0 Å². The van der Waals surface area contributed by atoms with Crippen LogP contribution in [0, 0.1) is 0 Å². The Morgan fingerprint density at radius 1 is 1.00 bits per heavy atom. The molecule has 0 spiro atoms. The number of benzene rings is 1. The molecule has 7 nitrogen and oxygen atoms in total. The van der Waals surface area contributed by atoms with Crippen LogP contribution in [0.15, 0.2) is 30.6 Å². The first kappa shape index (κ1) is 30.3. The van der Waals surface area contributed by atoms with Crippen molar-refractivity contribution >= 4 is 17.7 Å². The van der Waals surface area contributed by atoms with Crippen LogP contribution in [-0.4, -0.2) is 45.2 Å². The number of hydrogen-bond acceptors (Lipinski definition) is 6. The van der Waals surface area contributed by atoms with Gasteiger partial charge in [-0.15, -0.1) is 0 Å². The number of nitrogen functional groups attached to an aromatic ring is 1. The third-order valence-corrected chi connectivity index (χ3v) is 6.72. The molecule has 0 radical (unpaired) electrons. The predicted molar refractivity (Wildman–Crippen MR) is 134 cm³/mol. The Morgan fingerprint density at radius 3 is 1.90 bits per heavy atom. The van der Waals surface area contributed by atoms with Gasteiger partial charge in [-0.3, -0.25) is 0 Å². The first-order chi connectivity index (χ1) is 18.1. The number of halogens is 6. The summed E-state index contributed by atoms with van der Waals surface area (Å²) in [4.78, 5) is 24.7. The van der Waals surface area contributed by atoms with Gasteiger partial charge in [-0.05, 0) is 63.3 Å². The Labute approximate surface area is 223 Å². The van der Waals surface area contributed by atoms with Crippen molar-refractivity contribution in [2.45, 2.75) is 96.5 Å². The normalized spacial score (nSPS) is 20.3. The summed E-state index contributed by atoms with van der Waals surface area (Å²) in [5, 5.41) is 0. The number of alkyl halides is 6. The second-order valence-electron chi connectivity index (χ2n) is 9.95. The molecule has 0 aliphatic carbocycles. The number of carbonyl (C=O) groups excluding carboxylic acids is 1. The minimum absolute atomic E-state index is 0.104. The smallest absolute Gasteiger partial charge is 0.416 e. The van der Waals surface area contributed by atoms with Gasteiger partial charge in [-0.2, -0.15) is 26.3 Å². The quantitative estimate of drug-likeness (QED) is 0.380. The fourth-order valence-electron chi connectivity index (χ4n) is 4.94. The van der Waals surface area contributed by atoms with Gasteiger partial charge < -0.3 is 20.3 Å². The van der Waals surface area contributed by atoms with Crippen LogP contribution in [0.4, 0.5) is 42.8 Å². The molecule has 39 heavy (non-hydrogen) atoms. The van der Waals surface area contributed by atoms with Crippen molar-refractivity contribution in [3.8, 4) is 0 Å². The molecule has 0 bridgehead atoms. The van der Waals surface area contributed by atoms with E-state index in [2.05, 4.69) is 9.97 Å². The molecule has 2 heterocycles. The lowest BCUT2D eigenvalue weighted by Gasteiger charge is -2.47. The van der Waals surface area contributed by atoms with Gasteiger partial charge in [-0.1, -0.05) is 13.8 Å². The molecular weight excluding hydrogens is 528 g/mol. The summed E-state index contributed by atoms with van der Waals surface area (Å²) in [7, 11) is 0. The Hall–Kier alpha value is -3.25. The topological polar surface area (TPSA) is 84.6 Å². The van der Waals surface area contributed by atoms with Crippen LogP contribution in [0.5, 0.6) is 0 Å². The summed E-state index contributed by atoms with van der Waals surface area (Å²) < 4.78 is 86.6. The number of ether oxygens (including phenoxy) is 1. The highest BCUT2D eigenvalue weighted by Crippen LogP contribution is 2.38. The Morgan fingerprint density at radius 2 is 1.49 bits per heavy atom. The lowest BCUT2D eigenvalue weighted by molar-refractivity contribution is -0.143. The molecule has 1 aromatic heterocycles. The molecule has 0 saturated carbocycles. The van der Waals surface area contributed by atoms with E-state index in [1.54, 1.807) is 23.6 Å². The second-order valence-corrected chi connectivity index (χ2v) is 9.95. The van der Waals surface area contributed by atoms with Gasteiger partial charge in [-0.25, -0.2) is 14.8 Å². The molecule has 1 fully saturated rings. The zero-order valence-electron chi connectivity index (χ0n) is 22.2. The molecule has 13 heteroatoms. The van der Waals surface area contributed by atoms with Crippen molar-refractivity contribution in [3.05, 3.63) is 47.3 Å². The van der Waals surface area contributed by atoms with Crippen LogP contribution in [0.2, 0.25) is 0 Å².